The number of para-hydroxylation sites is 1. The van der Waals surface area contributed by atoms with E-state index in [1.54, 1.807) is 31.3 Å². The van der Waals surface area contributed by atoms with Crippen LogP contribution >= 0.6 is 0 Å². The van der Waals surface area contributed by atoms with Crippen LogP contribution in [0.1, 0.15) is 44.6 Å². The Balaban J connectivity index is 1.88. The molecule has 1 aliphatic carbocycles. The van der Waals surface area contributed by atoms with E-state index in [0.29, 0.717) is 18.1 Å². The Morgan fingerprint density at radius 1 is 1.22 bits per heavy atom. The lowest BCUT2D eigenvalue weighted by molar-refractivity contribution is -0.0504. The van der Waals surface area contributed by atoms with Crippen molar-refractivity contribution in [3.63, 3.8) is 0 Å². The first-order chi connectivity index (χ1) is 13.1. The maximum atomic E-state index is 12.5. The van der Waals surface area contributed by atoms with Crippen LogP contribution in [0.15, 0.2) is 29.3 Å². The maximum absolute atomic E-state index is 12.5. The second kappa shape index (κ2) is 11.1. The normalized spacial score (nSPS) is 16.6. The summed E-state index contributed by atoms with van der Waals surface area (Å²) in [5.74, 6) is 0.837. The molecule has 0 aromatic heterocycles. The number of nitrogens with one attached hydrogen (secondary N) is 2. The van der Waals surface area contributed by atoms with Crippen molar-refractivity contribution in [3.8, 4) is 5.75 Å². The van der Waals surface area contributed by atoms with Crippen LogP contribution in [-0.2, 0) is 11.3 Å². The maximum Gasteiger partial charge on any atom is 0.387 e. The minimum atomic E-state index is -2.84. The van der Waals surface area contributed by atoms with Gasteiger partial charge in [-0.1, -0.05) is 31.0 Å². The number of ether oxygens (including phenoxy) is 2. The van der Waals surface area contributed by atoms with Gasteiger partial charge < -0.3 is 20.1 Å². The van der Waals surface area contributed by atoms with Crippen LogP contribution in [0.2, 0.25) is 0 Å². The third kappa shape index (κ3) is 6.97. The van der Waals surface area contributed by atoms with Crippen molar-refractivity contribution in [3.05, 3.63) is 29.8 Å². The van der Waals surface area contributed by atoms with Crippen molar-refractivity contribution < 1.29 is 18.3 Å². The third-order valence-electron chi connectivity index (χ3n) is 5.13. The van der Waals surface area contributed by atoms with Crippen LogP contribution in [0.4, 0.5) is 8.78 Å². The Bertz CT molecular complexity index is 590. The summed E-state index contributed by atoms with van der Waals surface area (Å²) >= 11 is 0. The van der Waals surface area contributed by atoms with Crippen molar-refractivity contribution >= 4 is 5.96 Å². The number of nitrogens with zero attached hydrogens (tertiary/aromatic N) is 1. The standard InChI is InChI=1S/C20H31F2N3O2/c1-3-26-13-12-20(10-6-7-11-20)15-25-19(23-2)24-14-16-8-4-5-9-17(16)27-18(21)22/h4-5,8-9,18H,3,6-7,10-15H2,1-2H3,(H2,23,24,25). The van der Waals surface area contributed by atoms with Crippen LogP contribution < -0.4 is 15.4 Å². The molecule has 1 aromatic rings. The number of guanidine groups is 1. The van der Waals surface area contributed by atoms with Gasteiger partial charge in [-0.15, -0.1) is 0 Å². The van der Waals surface area contributed by atoms with E-state index in [0.717, 1.165) is 26.2 Å². The van der Waals surface area contributed by atoms with Gasteiger partial charge >= 0.3 is 6.61 Å². The number of hydrogen-bond acceptors (Lipinski definition) is 3. The van der Waals surface area contributed by atoms with Gasteiger partial charge in [0.25, 0.3) is 0 Å². The lowest BCUT2D eigenvalue weighted by Gasteiger charge is -2.30. The van der Waals surface area contributed by atoms with E-state index in [2.05, 4.69) is 20.4 Å². The van der Waals surface area contributed by atoms with Crippen LogP contribution in [0.25, 0.3) is 0 Å². The minimum Gasteiger partial charge on any atom is -0.434 e. The molecule has 0 amide bonds. The van der Waals surface area contributed by atoms with Gasteiger partial charge in [-0.2, -0.15) is 8.78 Å². The summed E-state index contributed by atoms with van der Waals surface area (Å²) in [6.45, 7) is 1.89. The first-order valence-corrected chi connectivity index (χ1v) is 9.63. The van der Waals surface area contributed by atoms with Crippen molar-refractivity contribution in [1.29, 1.82) is 0 Å². The summed E-state index contributed by atoms with van der Waals surface area (Å²) in [5.41, 5.74) is 0.899. The molecule has 27 heavy (non-hydrogen) atoms. The van der Waals surface area contributed by atoms with E-state index in [1.807, 2.05) is 6.92 Å². The molecule has 0 aliphatic heterocycles. The first-order valence-electron chi connectivity index (χ1n) is 9.63. The first kappa shape index (κ1) is 21.4. The van der Waals surface area contributed by atoms with Gasteiger partial charge in [-0.25, -0.2) is 0 Å². The summed E-state index contributed by atoms with van der Waals surface area (Å²) in [5, 5.41) is 6.59. The van der Waals surface area contributed by atoms with Crippen LogP contribution in [0, 0.1) is 5.41 Å². The number of hydrogen-bond donors (Lipinski definition) is 2. The molecule has 5 nitrogen and oxygen atoms in total. The van der Waals surface area contributed by atoms with Crippen molar-refractivity contribution in [2.75, 3.05) is 26.8 Å². The third-order valence-corrected chi connectivity index (χ3v) is 5.13. The number of benzene rings is 1. The van der Waals surface area contributed by atoms with E-state index < -0.39 is 6.61 Å². The summed E-state index contributed by atoms with van der Waals surface area (Å²) in [6, 6.07) is 6.78. The number of alkyl halides is 2. The largest absolute Gasteiger partial charge is 0.434 e. The van der Waals surface area contributed by atoms with E-state index in [1.165, 1.54) is 25.7 Å². The van der Waals surface area contributed by atoms with E-state index in [9.17, 15) is 8.78 Å². The lowest BCUT2D eigenvalue weighted by atomic mass is 9.83. The highest BCUT2D eigenvalue weighted by Gasteiger charge is 2.33. The molecule has 1 aliphatic rings. The highest BCUT2D eigenvalue weighted by molar-refractivity contribution is 5.79. The molecule has 2 N–H and O–H groups in total. The van der Waals surface area contributed by atoms with Crippen LogP contribution in [0.5, 0.6) is 5.75 Å². The molecule has 0 saturated heterocycles. The zero-order valence-electron chi connectivity index (χ0n) is 16.3. The predicted octanol–water partition coefficient (Wildman–Crippen LogP) is 3.94. The Labute approximate surface area is 160 Å². The molecule has 0 radical (unpaired) electrons. The Hall–Kier alpha value is -1.89. The average molecular weight is 383 g/mol. The summed E-state index contributed by atoms with van der Waals surface area (Å²) in [6.07, 6.45) is 5.91. The number of rotatable bonds is 10. The van der Waals surface area contributed by atoms with E-state index in [4.69, 9.17) is 4.74 Å². The average Bonchev–Trinajstić information content (AvgIpc) is 3.12. The molecular formula is C20H31F2N3O2. The monoisotopic (exact) mass is 383 g/mol. The van der Waals surface area contributed by atoms with E-state index in [-0.39, 0.29) is 11.2 Å². The smallest absolute Gasteiger partial charge is 0.387 e. The molecule has 0 unspecified atom stereocenters. The fraction of sp³-hybridized carbons (Fsp3) is 0.650. The van der Waals surface area contributed by atoms with Crippen molar-refractivity contribution in [1.82, 2.24) is 10.6 Å². The molecule has 1 aromatic carbocycles. The van der Waals surface area contributed by atoms with Gasteiger partial charge in [0.15, 0.2) is 5.96 Å². The fourth-order valence-corrected chi connectivity index (χ4v) is 3.60. The van der Waals surface area contributed by atoms with Gasteiger partial charge in [0, 0.05) is 38.9 Å². The van der Waals surface area contributed by atoms with Gasteiger partial charge in [-0.3, -0.25) is 4.99 Å². The quantitative estimate of drug-likeness (QED) is 0.365. The van der Waals surface area contributed by atoms with Gasteiger partial charge in [0.1, 0.15) is 5.75 Å². The van der Waals surface area contributed by atoms with E-state index >= 15 is 0 Å². The van der Waals surface area contributed by atoms with Gasteiger partial charge in [-0.05, 0) is 37.7 Å². The van der Waals surface area contributed by atoms with Gasteiger partial charge in [0.05, 0.1) is 0 Å². The van der Waals surface area contributed by atoms with Crippen molar-refractivity contribution in [2.24, 2.45) is 10.4 Å². The molecule has 0 spiro atoms. The highest BCUT2D eigenvalue weighted by atomic mass is 19.3. The molecule has 7 heteroatoms. The van der Waals surface area contributed by atoms with Gasteiger partial charge in [0.2, 0.25) is 0 Å². The molecule has 152 valence electrons. The molecule has 0 heterocycles. The molecule has 1 saturated carbocycles. The summed E-state index contributed by atoms with van der Waals surface area (Å²) in [7, 11) is 1.71. The van der Waals surface area contributed by atoms with Crippen molar-refractivity contribution in [2.45, 2.75) is 52.2 Å². The number of aliphatic imine (C=N–C) groups is 1. The zero-order valence-corrected chi connectivity index (χ0v) is 16.3. The molecule has 1 fully saturated rings. The SMILES string of the molecule is CCOCCC1(CNC(=NC)NCc2ccccc2OC(F)F)CCCC1. The predicted molar refractivity (Wildman–Crippen MR) is 103 cm³/mol. The molecule has 2 rings (SSSR count). The molecule has 0 atom stereocenters. The highest BCUT2D eigenvalue weighted by Crippen LogP contribution is 2.40. The zero-order chi connectivity index (χ0) is 19.5. The Kier molecular flexibility index (Phi) is 8.78. The van der Waals surface area contributed by atoms with Crippen LogP contribution in [0.3, 0.4) is 0 Å². The molecular weight excluding hydrogens is 352 g/mol. The lowest BCUT2D eigenvalue weighted by Crippen LogP contribution is -2.43. The Morgan fingerprint density at radius 3 is 2.63 bits per heavy atom. The topological polar surface area (TPSA) is 54.9 Å². The second-order valence-corrected chi connectivity index (χ2v) is 6.92. The summed E-state index contributed by atoms with van der Waals surface area (Å²) < 4.78 is 35.2. The second-order valence-electron chi connectivity index (χ2n) is 6.92. The molecule has 0 bridgehead atoms. The fourth-order valence-electron chi connectivity index (χ4n) is 3.60. The van der Waals surface area contributed by atoms with Crippen LogP contribution in [-0.4, -0.2) is 39.4 Å². The Morgan fingerprint density at radius 2 is 1.96 bits per heavy atom. The number of halogens is 2. The minimum absolute atomic E-state index is 0.180. The summed E-state index contributed by atoms with van der Waals surface area (Å²) in [4.78, 5) is 4.26.